The Morgan fingerprint density at radius 1 is 1.19 bits per heavy atom. The zero-order chi connectivity index (χ0) is 22.9. The number of ether oxygens (including phenoxy) is 1. The summed E-state index contributed by atoms with van der Waals surface area (Å²) in [5.41, 5.74) is 0.912. The Bertz CT molecular complexity index is 1310. The monoisotopic (exact) mass is 479 g/mol. The average Bonchev–Trinajstić information content (AvgIpc) is 3.36. The van der Waals surface area contributed by atoms with E-state index in [1.54, 1.807) is 11.4 Å². The predicted octanol–water partition coefficient (Wildman–Crippen LogP) is 5.13. The van der Waals surface area contributed by atoms with E-state index in [-0.39, 0.29) is 17.9 Å². The Hall–Kier alpha value is -3.18. The standard InChI is InChI=1S/C21H16F3N3O3S2/c1-11-26-18-16(32-11)8-15(13-6-7-31-19(13)18)30-9-17(28)27-14-5-3-2-4-12(14)20(29)25-10-21(22,23)24/h2-8H,9-10H2,1H3,(H,25,29)(H,27,28). The number of benzene rings is 2. The van der Waals surface area contributed by atoms with Gasteiger partial charge < -0.3 is 15.4 Å². The Morgan fingerprint density at radius 2 is 1.97 bits per heavy atom. The summed E-state index contributed by atoms with van der Waals surface area (Å²) in [7, 11) is 0. The number of alkyl halides is 3. The van der Waals surface area contributed by atoms with Gasteiger partial charge in [-0.15, -0.1) is 22.7 Å². The van der Waals surface area contributed by atoms with Crippen LogP contribution in [0.1, 0.15) is 15.4 Å². The molecule has 0 aliphatic rings. The molecule has 0 fully saturated rings. The van der Waals surface area contributed by atoms with Crippen LogP contribution in [0.3, 0.4) is 0 Å². The zero-order valence-electron chi connectivity index (χ0n) is 16.6. The second kappa shape index (κ2) is 8.75. The third-order valence-electron chi connectivity index (χ3n) is 4.42. The van der Waals surface area contributed by atoms with Crippen molar-refractivity contribution in [1.29, 1.82) is 0 Å². The lowest BCUT2D eigenvalue weighted by atomic mass is 10.1. The molecule has 32 heavy (non-hydrogen) atoms. The summed E-state index contributed by atoms with van der Waals surface area (Å²) in [6, 6.07) is 9.55. The molecule has 0 bridgehead atoms. The van der Waals surface area contributed by atoms with Crippen LogP contribution >= 0.6 is 22.7 Å². The number of nitrogens with zero attached hydrogens (tertiary/aromatic N) is 1. The highest BCUT2D eigenvalue weighted by Gasteiger charge is 2.28. The van der Waals surface area contributed by atoms with Crippen molar-refractivity contribution in [2.45, 2.75) is 13.1 Å². The van der Waals surface area contributed by atoms with Gasteiger partial charge >= 0.3 is 6.18 Å². The highest BCUT2D eigenvalue weighted by Crippen LogP contribution is 2.38. The van der Waals surface area contributed by atoms with Crippen LogP contribution in [0.2, 0.25) is 0 Å². The van der Waals surface area contributed by atoms with E-state index in [1.807, 2.05) is 24.4 Å². The van der Waals surface area contributed by atoms with Gasteiger partial charge in [-0.3, -0.25) is 9.59 Å². The summed E-state index contributed by atoms with van der Waals surface area (Å²) in [6.07, 6.45) is -4.54. The lowest BCUT2D eigenvalue weighted by Crippen LogP contribution is -2.34. The first-order valence-electron chi connectivity index (χ1n) is 9.35. The molecular weight excluding hydrogens is 463 g/mol. The molecule has 2 aromatic carbocycles. The van der Waals surface area contributed by atoms with Crippen LogP contribution in [0.25, 0.3) is 20.3 Å². The van der Waals surface area contributed by atoms with Crippen molar-refractivity contribution in [3.63, 3.8) is 0 Å². The van der Waals surface area contributed by atoms with Gasteiger partial charge in [0.15, 0.2) is 6.61 Å². The molecule has 0 radical (unpaired) electrons. The number of rotatable bonds is 6. The minimum Gasteiger partial charge on any atom is -0.483 e. The maximum absolute atomic E-state index is 12.5. The summed E-state index contributed by atoms with van der Waals surface area (Å²) in [6.45, 7) is 0.112. The Morgan fingerprint density at radius 3 is 2.75 bits per heavy atom. The topological polar surface area (TPSA) is 80.3 Å². The van der Waals surface area contributed by atoms with Crippen molar-refractivity contribution < 1.29 is 27.5 Å². The third-order valence-corrected chi connectivity index (χ3v) is 6.26. The van der Waals surface area contributed by atoms with E-state index >= 15 is 0 Å². The molecule has 166 valence electrons. The van der Waals surface area contributed by atoms with Gasteiger partial charge in [0.25, 0.3) is 11.8 Å². The molecule has 4 rings (SSSR count). The van der Waals surface area contributed by atoms with Crippen LogP contribution in [-0.4, -0.2) is 36.1 Å². The molecule has 2 N–H and O–H groups in total. The van der Waals surface area contributed by atoms with E-state index in [1.165, 1.54) is 40.9 Å². The quantitative estimate of drug-likeness (QED) is 0.402. The number of carbonyl (C=O) groups excluding carboxylic acids is 2. The van der Waals surface area contributed by atoms with Gasteiger partial charge in [0.2, 0.25) is 0 Å². The van der Waals surface area contributed by atoms with Gasteiger partial charge in [0.05, 0.1) is 31.2 Å². The van der Waals surface area contributed by atoms with Crippen LogP contribution < -0.4 is 15.4 Å². The number of hydrogen-bond donors (Lipinski definition) is 2. The van der Waals surface area contributed by atoms with E-state index < -0.39 is 24.5 Å². The smallest absolute Gasteiger partial charge is 0.405 e. The Balaban J connectivity index is 1.47. The highest BCUT2D eigenvalue weighted by atomic mass is 32.1. The summed E-state index contributed by atoms with van der Waals surface area (Å²) < 4.78 is 44.8. The molecule has 0 atom stereocenters. The summed E-state index contributed by atoms with van der Waals surface area (Å²) in [4.78, 5) is 29.1. The molecule has 0 aliphatic carbocycles. The van der Waals surface area contributed by atoms with Gasteiger partial charge in [0.1, 0.15) is 12.3 Å². The van der Waals surface area contributed by atoms with Crippen LogP contribution in [0.5, 0.6) is 5.75 Å². The van der Waals surface area contributed by atoms with Gasteiger partial charge in [-0.1, -0.05) is 12.1 Å². The zero-order valence-corrected chi connectivity index (χ0v) is 18.2. The first-order valence-corrected chi connectivity index (χ1v) is 11.0. The lowest BCUT2D eigenvalue weighted by Gasteiger charge is -2.13. The second-order valence-corrected chi connectivity index (χ2v) is 8.95. The van der Waals surface area contributed by atoms with Crippen LogP contribution in [0.4, 0.5) is 18.9 Å². The number of aromatic nitrogens is 1. The van der Waals surface area contributed by atoms with E-state index in [0.29, 0.717) is 5.75 Å². The minimum atomic E-state index is -4.54. The molecule has 4 aromatic rings. The molecule has 2 heterocycles. The SMILES string of the molecule is Cc1nc2c(cc(OCC(=O)Nc3ccccc3C(=O)NCC(F)(F)F)c3ccsc32)s1. The van der Waals surface area contributed by atoms with E-state index in [0.717, 1.165) is 25.3 Å². The molecular formula is C21H16F3N3O3S2. The van der Waals surface area contributed by atoms with Crippen LogP contribution in [0, 0.1) is 6.92 Å². The third kappa shape index (κ3) is 4.83. The number of fused-ring (bicyclic) bond motifs is 3. The molecule has 2 aromatic heterocycles. The van der Waals surface area contributed by atoms with Crippen molar-refractivity contribution in [2.24, 2.45) is 0 Å². The largest absolute Gasteiger partial charge is 0.483 e. The maximum atomic E-state index is 12.5. The van der Waals surface area contributed by atoms with Gasteiger partial charge in [-0.05, 0) is 30.5 Å². The fraction of sp³-hybridized carbons (Fsp3) is 0.190. The number of nitrogens with one attached hydrogen (secondary N) is 2. The lowest BCUT2D eigenvalue weighted by molar-refractivity contribution is -0.123. The Kier molecular flexibility index (Phi) is 6.02. The summed E-state index contributed by atoms with van der Waals surface area (Å²) >= 11 is 3.06. The fourth-order valence-electron chi connectivity index (χ4n) is 3.10. The van der Waals surface area contributed by atoms with Crippen molar-refractivity contribution in [3.05, 3.63) is 52.3 Å². The summed E-state index contributed by atoms with van der Waals surface area (Å²) in [5, 5.41) is 8.01. The second-order valence-electron chi connectivity index (χ2n) is 6.80. The normalized spacial score (nSPS) is 11.6. The van der Waals surface area contributed by atoms with Crippen LogP contribution in [-0.2, 0) is 4.79 Å². The number of carbonyl (C=O) groups is 2. The molecule has 11 heteroatoms. The van der Waals surface area contributed by atoms with E-state index in [2.05, 4.69) is 10.3 Å². The number of aryl methyl sites for hydroxylation is 1. The van der Waals surface area contributed by atoms with Crippen molar-refractivity contribution >= 4 is 60.5 Å². The van der Waals surface area contributed by atoms with Crippen molar-refractivity contribution in [3.8, 4) is 5.75 Å². The number of thiazole rings is 1. The van der Waals surface area contributed by atoms with Crippen LogP contribution in [0.15, 0.2) is 41.8 Å². The van der Waals surface area contributed by atoms with E-state index in [4.69, 9.17) is 4.74 Å². The number of anilines is 1. The number of amides is 2. The number of hydrogen-bond acceptors (Lipinski definition) is 6. The molecule has 0 saturated carbocycles. The van der Waals surface area contributed by atoms with Crippen molar-refractivity contribution in [2.75, 3.05) is 18.5 Å². The molecule has 0 saturated heterocycles. The van der Waals surface area contributed by atoms with Crippen molar-refractivity contribution in [1.82, 2.24) is 10.3 Å². The number of thiophene rings is 1. The van der Waals surface area contributed by atoms with Gasteiger partial charge in [-0.2, -0.15) is 13.2 Å². The van der Waals surface area contributed by atoms with E-state index in [9.17, 15) is 22.8 Å². The molecule has 0 aliphatic heterocycles. The molecule has 2 amide bonds. The number of para-hydroxylation sites is 1. The Labute approximate surface area is 188 Å². The number of halogens is 3. The summed E-state index contributed by atoms with van der Waals surface area (Å²) in [5.74, 6) is -0.959. The molecule has 6 nitrogen and oxygen atoms in total. The van der Waals surface area contributed by atoms with Gasteiger partial charge in [0, 0.05) is 11.5 Å². The minimum absolute atomic E-state index is 0.0770. The molecule has 0 unspecified atom stereocenters. The first-order chi connectivity index (χ1) is 15.2. The predicted molar refractivity (Wildman–Crippen MR) is 119 cm³/mol. The highest BCUT2D eigenvalue weighted by molar-refractivity contribution is 7.21. The first kappa shape index (κ1) is 22.0. The molecule has 0 spiro atoms. The fourth-order valence-corrected chi connectivity index (χ4v) is 4.93. The van der Waals surface area contributed by atoms with Gasteiger partial charge in [-0.25, -0.2) is 4.98 Å². The average molecular weight is 480 g/mol. The maximum Gasteiger partial charge on any atom is 0.405 e.